The summed E-state index contributed by atoms with van der Waals surface area (Å²) in [5.41, 5.74) is -3.00. The SMILES string of the molecule is CCC(F)(F)C(F)(F)C(C)(F)CC(Cl)c1ccccc1. The molecule has 20 heavy (non-hydrogen) atoms. The van der Waals surface area contributed by atoms with E-state index in [-0.39, 0.29) is 0 Å². The quantitative estimate of drug-likeness (QED) is 0.462. The Hall–Kier alpha value is -0.840. The van der Waals surface area contributed by atoms with Crippen molar-refractivity contribution in [2.24, 2.45) is 0 Å². The van der Waals surface area contributed by atoms with Gasteiger partial charge < -0.3 is 0 Å². The molecular formula is C14H16ClF5. The summed E-state index contributed by atoms with van der Waals surface area (Å²) < 4.78 is 68.0. The van der Waals surface area contributed by atoms with E-state index >= 15 is 0 Å². The Morgan fingerprint density at radius 2 is 1.55 bits per heavy atom. The fourth-order valence-corrected chi connectivity index (χ4v) is 2.28. The number of rotatable bonds is 6. The van der Waals surface area contributed by atoms with E-state index in [9.17, 15) is 22.0 Å². The van der Waals surface area contributed by atoms with Crippen LogP contribution in [0.1, 0.15) is 37.6 Å². The molecule has 0 saturated heterocycles. The molecule has 0 aliphatic rings. The van der Waals surface area contributed by atoms with Crippen LogP contribution in [0.15, 0.2) is 30.3 Å². The molecule has 2 unspecified atom stereocenters. The fraction of sp³-hybridized carbons (Fsp3) is 0.571. The van der Waals surface area contributed by atoms with E-state index in [1.165, 1.54) is 12.1 Å². The lowest BCUT2D eigenvalue weighted by molar-refractivity contribution is -0.269. The molecule has 0 fully saturated rings. The molecule has 0 amide bonds. The first-order valence-electron chi connectivity index (χ1n) is 6.18. The summed E-state index contributed by atoms with van der Waals surface area (Å²) in [4.78, 5) is 0. The average Bonchev–Trinajstić information content (AvgIpc) is 2.38. The minimum Gasteiger partial charge on any atom is -0.237 e. The number of hydrogen-bond donors (Lipinski definition) is 0. The summed E-state index contributed by atoms with van der Waals surface area (Å²) in [6, 6.07) is 7.97. The predicted molar refractivity (Wildman–Crippen MR) is 69.4 cm³/mol. The van der Waals surface area contributed by atoms with Gasteiger partial charge in [-0.1, -0.05) is 37.3 Å². The molecule has 1 aromatic rings. The zero-order valence-electron chi connectivity index (χ0n) is 11.1. The van der Waals surface area contributed by atoms with Crippen LogP contribution in [0.3, 0.4) is 0 Å². The van der Waals surface area contributed by atoms with Crippen molar-refractivity contribution in [2.75, 3.05) is 0 Å². The van der Waals surface area contributed by atoms with E-state index in [4.69, 9.17) is 11.6 Å². The molecule has 0 aliphatic heterocycles. The highest BCUT2D eigenvalue weighted by Gasteiger charge is 2.66. The lowest BCUT2D eigenvalue weighted by Gasteiger charge is -2.36. The Morgan fingerprint density at radius 1 is 1.05 bits per heavy atom. The van der Waals surface area contributed by atoms with Crippen LogP contribution in [-0.4, -0.2) is 17.5 Å². The third-order valence-corrected chi connectivity index (χ3v) is 3.69. The normalized spacial score (nSPS) is 17.6. The molecule has 1 rings (SSSR count). The minimum absolute atomic E-state index is 0.411. The maximum Gasteiger partial charge on any atom is 0.343 e. The Labute approximate surface area is 119 Å². The second-order valence-electron chi connectivity index (χ2n) is 4.91. The van der Waals surface area contributed by atoms with Crippen LogP contribution in [0.25, 0.3) is 0 Å². The van der Waals surface area contributed by atoms with E-state index in [0.717, 1.165) is 6.92 Å². The second kappa shape index (κ2) is 5.88. The molecule has 6 heteroatoms. The molecule has 0 N–H and O–H groups in total. The first-order valence-corrected chi connectivity index (χ1v) is 6.62. The molecule has 0 spiro atoms. The zero-order chi connectivity index (χ0) is 15.6. The summed E-state index contributed by atoms with van der Waals surface area (Å²) in [7, 11) is 0. The largest absolute Gasteiger partial charge is 0.343 e. The predicted octanol–water partition coefficient (Wildman–Crippen LogP) is 5.77. The van der Waals surface area contributed by atoms with Crippen LogP contribution in [-0.2, 0) is 0 Å². The van der Waals surface area contributed by atoms with Gasteiger partial charge in [0, 0.05) is 12.8 Å². The van der Waals surface area contributed by atoms with Crippen molar-refractivity contribution in [2.45, 2.75) is 49.6 Å². The highest BCUT2D eigenvalue weighted by Crippen LogP contribution is 2.50. The molecular weight excluding hydrogens is 299 g/mol. The number of benzene rings is 1. The summed E-state index contributed by atoms with van der Waals surface area (Å²) in [5, 5.41) is -1.11. The molecule has 0 aliphatic carbocycles. The van der Waals surface area contributed by atoms with Crippen molar-refractivity contribution in [1.82, 2.24) is 0 Å². The Morgan fingerprint density at radius 3 is 2.00 bits per heavy atom. The molecule has 0 saturated carbocycles. The van der Waals surface area contributed by atoms with E-state index in [1.54, 1.807) is 18.2 Å². The van der Waals surface area contributed by atoms with Crippen LogP contribution in [0.2, 0.25) is 0 Å². The maximum absolute atomic E-state index is 14.2. The Bertz CT molecular complexity index is 430. The Balaban J connectivity index is 2.94. The van der Waals surface area contributed by atoms with Gasteiger partial charge in [-0.3, -0.25) is 0 Å². The second-order valence-corrected chi connectivity index (χ2v) is 5.44. The summed E-state index contributed by atoms with van der Waals surface area (Å²) in [5.74, 6) is -9.19. The van der Waals surface area contributed by atoms with Gasteiger partial charge in [-0.15, -0.1) is 11.6 Å². The van der Waals surface area contributed by atoms with Gasteiger partial charge in [-0.2, -0.15) is 17.6 Å². The van der Waals surface area contributed by atoms with E-state index in [0.29, 0.717) is 12.5 Å². The summed E-state index contributed by atoms with van der Waals surface area (Å²) in [6.45, 7) is 1.36. The van der Waals surface area contributed by atoms with Crippen molar-refractivity contribution in [3.8, 4) is 0 Å². The molecule has 0 nitrogen and oxygen atoms in total. The maximum atomic E-state index is 14.2. The van der Waals surface area contributed by atoms with Crippen LogP contribution in [0.5, 0.6) is 0 Å². The molecule has 114 valence electrons. The van der Waals surface area contributed by atoms with Crippen molar-refractivity contribution in [1.29, 1.82) is 0 Å². The van der Waals surface area contributed by atoms with Gasteiger partial charge >= 0.3 is 11.8 Å². The lowest BCUT2D eigenvalue weighted by atomic mass is 9.87. The van der Waals surface area contributed by atoms with Gasteiger partial charge in [0.1, 0.15) is 0 Å². The highest BCUT2D eigenvalue weighted by atomic mass is 35.5. The summed E-state index contributed by atoms with van der Waals surface area (Å²) >= 11 is 5.87. The molecule has 0 aromatic heterocycles. The van der Waals surface area contributed by atoms with E-state index < -0.39 is 35.7 Å². The zero-order valence-corrected chi connectivity index (χ0v) is 11.9. The third-order valence-electron chi connectivity index (χ3n) is 3.28. The molecule has 0 radical (unpaired) electrons. The van der Waals surface area contributed by atoms with Crippen LogP contribution in [0, 0.1) is 0 Å². The van der Waals surface area contributed by atoms with Crippen LogP contribution in [0.4, 0.5) is 22.0 Å². The number of alkyl halides is 6. The van der Waals surface area contributed by atoms with Crippen molar-refractivity contribution >= 4 is 11.6 Å². The first kappa shape index (κ1) is 17.2. The topological polar surface area (TPSA) is 0 Å². The van der Waals surface area contributed by atoms with Crippen molar-refractivity contribution in [3.05, 3.63) is 35.9 Å². The fourth-order valence-electron chi connectivity index (χ4n) is 1.85. The molecule has 1 aromatic carbocycles. The van der Waals surface area contributed by atoms with E-state index in [2.05, 4.69) is 0 Å². The third kappa shape index (κ3) is 3.25. The summed E-state index contributed by atoms with van der Waals surface area (Å²) in [6.07, 6.45) is -2.04. The molecule has 0 bridgehead atoms. The van der Waals surface area contributed by atoms with Crippen molar-refractivity contribution < 1.29 is 22.0 Å². The Kier molecular flexibility index (Phi) is 5.06. The standard InChI is InChI=1S/C14H16ClF5/c1-3-13(17,18)14(19,20)12(2,16)9-11(15)10-7-5-4-6-8-10/h4-8,11H,3,9H2,1-2H3. The lowest BCUT2D eigenvalue weighted by Crippen LogP contribution is -2.54. The van der Waals surface area contributed by atoms with Gasteiger partial charge in [0.05, 0.1) is 5.38 Å². The molecule has 0 heterocycles. The smallest absolute Gasteiger partial charge is 0.237 e. The average molecular weight is 315 g/mol. The van der Waals surface area contributed by atoms with Gasteiger partial charge in [0.15, 0.2) is 5.67 Å². The van der Waals surface area contributed by atoms with Crippen molar-refractivity contribution in [3.63, 3.8) is 0 Å². The van der Waals surface area contributed by atoms with Gasteiger partial charge in [-0.05, 0) is 12.5 Å². The first-order chi connectivity index (χ1) is 9.05. The highest BCUT2D eigenvalue weighted by molar-refractivity contribution is 6.20. The van der Waals surface area contributed by atoms with Crippen LogP contribution >= 0.6 is 11.6 Å². The van der Waals surface area contributed by atoms with Gasteiger partial charge in [0.2, 0.25) is 0 Å². The van der Waals surface area contributed by atoms with E-state index in [1.807, 2.05) is 0 Å². The number of hydrogen-bond acceptors (Lipinski definition) is 0. The van der Waals surface area contributed by atoms with Crippen LogP contribution < -0.4 is 0 Å². The van der Waals surface area contributed by atoms with Gasteiger partial charge in [-0.25, -0.2) is 4.39 Å². The molecule has 2 atom stereocenters. The minimum atomic E-state index is -4.78. The monoisotopic (exact) mass is 314 g/mol. The van der Waals surface area contributed by atoms with Gasteiger partial charge in [0.25, 0.3) is 0 Å². The number of halogens is 6.